The van der Waals surface area contributed by atoms with Crippen LogP contribution in [-0.2, 0) is 14.3 Å². The molecule has 0 aliphatic rings. The van der Waals surface area contributed by atoms with Gasteiger partial charge in [0.2, 0.25) is 0 Å². The van der Waals surface area contributed by atoms with Crippen LogP contribution in [0.2, 0.25) is 0 Å². The van der Waals surface area contributed by atoms with E-state index in [2.05, 4.69) is 31.1 Å². The van der Waals surface area contributed by atoms with E-state index in [1.165, 1.54) is 13.0 Å². The van der Waals surface area contributed by atoms with E-state index in [0.717, 1.165) is 12.8 Å². The number of carboxylic acid groups (broad SMARTS) is 1. The summed E-state index contributed by atoms with van der Waals surface area (Å²) in [5.74, 6) is -1.27. The van der Waals surface area contributed by atoms with Crippen molar-refractivity contribution in [2.75, 3.05) is 6.61 Å². The minimum Gasteiger partial charge on any atom is -0.478 e. The van der Waals surface area contributed by atoms with Crippen LogP contribution in [0, 0.1) is 0 Å². The number of carboxylic acids is 1. The molecule has 0 amide bonds. The Bertz CT molecular complexity index is 247. The molecular weight excluding hydrogens is 244 g/mol. The van der Waals surface area contributed by atoms with Crippen LogP contribution in [0.5, 0.6) is 0 Å². The number of hydrogen-bond donors (Lipinski definition) is 1. The fraction of sp³-hybridized carbons (Fsp3) is 0.385. The summed E-state index contributed by atoms with van der Waals surface area (Å²) in [7, 11) is 0. The first kappa shape index (κ1) is 25.7. The number of carbonyl (C=O) groups excluding carboxylic acids is 1. The van der Waals surface area contributed by atoms with Gasteiger partial charge in [0, 0.05) is 37.6 Å². The van der Waals surface area contributed by atoms with E-state index in [1.807, 2.05) is 6.92 Å². The minimum absolute atomic E-state index is 0. The van der Waals surface area contributed by atoms with E-state index in [-0.39, 0.29) is 37.4 Å². The molecule has 2 radical (unpaired) electrons. The Hall–Kier alpha value is -1.07. The highest BCUT2D eigenvalue weighted by molar-refractivity contribution is 5.84. The molecule has 0 aromatic rings. The average Bonchev–Trinajstić information content (AvgIpc) is 2.32. The lowest BCUT2D eigenvalue weighted by atomic mass is 10.4. The second-order valence-corrected chi connectivity index (χ2v) is 2.81. The van der Waals surface area contributed by atoms with E-state index >= 15 is 0 Å². The van der Waals surface area contributed by atoms with Gasteiger partial charge in [0.25, 0.3) is 0 Å². The molecule has 0 spiro atoms. The van der Waals surface area contributed by atoms with E-state index < -0.39 is 5.97 Å². The van der Waals surface area contributed by atoms with Gasteiger partial charge in [-0.3, -0.25) is 0 Å². The second kappa shape index (κ2) is 21.2. The predicted octanol–water partition coefficient (Wildman–Crippen LogP) is 3.08. The van der Waals surface area contributed by atoms with Crippen LogP contribution in [0.15, 0.2) is 38.0 Å². The Labute approximate surface area is 129 Å². The third kappa shape index (κ3) is 29.4. The summed E-state index contributed by atoms with van der Waals surface area (Å²) in [6, 6.07) is 0. The van der Waals surface area contributed by atoms with Gasteiger partial charge in [-0.05, 0) is 13.3 Å². The van der Waals surface area contributed by atoms with Crippen LogP contribution < -0.4 is 0 Å². The van der Waals surface area contributed by atoms with Gasteiger partial charge in [0.1, 0.15) is 0 Å². The average molecular weight is 271 g/mol. The van der Waals surface area contributed by atoms with Crippen LogP contribution >= 0.6 is 0 Å². The van der Waals surface area contributed by atoms with E-state index in [9.17, 15) is 9.59 Å². The molecule has 0 bridgehead atoms. The summed E-state index contributed by atoms with van der Waals surface area (Å²) in [5.41, 5.74) is 0.176. The summed E-state index contributed by atoms with van der Waals surface area (Å²) in [6.45, 7) is 16.4. The monoisotopic (exact) mass is 270 g/mol. The topological polar surface area (TPSA) is 63.6 Å². The highest BCUT2D eigenvalue weighted by atomic mass is 24.3. The number of rotatable bonds is 5. The fourth-order valence-corrected chi connectivity index (χ4v) is 0.376. The Balaban J connectivity index is -0.0000000399. The molecule has 0 aromatic carbocycles. The Morgan fingerprint density at radius 3 is 2.00 bits per heavy atom. The second-order valence-electron chi connectivity index (χ2n) is 2.81. The molecule has 0 unspecified atom stereocenters. The molecule has 1 N–H and O–H groups in total. The van der Waals surface area contributed by atoms with Crippen molar-refractivity contribution in [1.82, 2.24) is 0 Å². The fourth-order valence-electron chi connectivity index (χ4n) is 0.376. The van der Waals surface area contributed by atoms with Crippen LogP contribution in [0.1, 0.15) is 29.5 Å². The highest BCUT2D eigenvalue weighted by Crippen LogP contribution is 1.88. The van der Waals surface area contributed by atoms with Crippen molar-refractivity contribution in [3.63, 3.8) is 0 Å². The summed E-state index contributed by atoms with van der Waals surface area (Å²) in [4.78, 5) is 19.9. The van der Waals surface area contributed by atoms with Gasteiger partial charge in [0.05, 0.1) is 6.61 Å². The first-order chi connectivity index (χ1) is 7.95. The first-order valence-corrected chi connectivity index (χ1v) is 5.13. The third-order valence-corrected chi connectivity index (χ3v) is 1.27. The van der Waals surface area contributed by atoms with Crippen molar-refractivity contribution in [3.8, 4) is 0 Å². The number of aliphatic carboxylic acids is 1. The highest BCUT2D eigenvalue weighted by Gasteiger charge is 1.91. The number of unbranched alkanes of at least 4 members (excludes halogenated alkanes) is 1. The van der Waals surface area contributed by atoms with Crippen molar-refractivity contribution >= 4 is 35.0 Å². The van der Waals surface area contributed by atoms with Crippen LogP contribution in [-0.4, -0.2) is 46.7 Å². The SMILES string of the molecule is C=C.C=C(C)C(=O)O.C=CC(=O)OCCCC.[HH].[HH].[Mg]. The molecule has 0 atom stereocenters. The lowest BCUT2D eigenvalue weighted by Gasteiger charge is -1.97. The van der Waals surface area contributed by atoms with Crippen molar-refractivity contribution < 1.29 is 22.3 Å². The number of ether oxygens (including phenoxy) is 1. The van der Waals surface area contributed by atoms with E-state index in [0.29, 0.717) is 6.61 Å². The quantitative estimate of drug-likeness (QED) is 0.274. The molecule has 0 fully saturated rings. The number of carbonyl (C=O) groups is 2. The molecule has 18 heavy (non-hydrogen) atoms. The maximum Gasteiger partial charge on any atom is 0.330 e. The van der Waals surface area contributed by atoms with Gasteiger partial charge in [-0.15, -0.1) is 13.2 Å². The number of esters is 1. The van der Waals surface area contributed by atoms with Crippen molar-refractivity contribution in [2.24, 2.45) is 0 Å². The van der Waals surface area contributed by atoms with Gasteiger partial charge >= 0.3 is 11.9 Å². The summed E-state index contributed by atoms with van der Waals surface area (Å²) in [5, 5.41) is 7.89. The minimum atomic E-state index is -0.935. The Morgan fingerprint density at radius 1 is 1.39 bits per heavy atom. The molecule has 0 aliphatic heterocycles. The summed E-state index contributed by atoms with van der Waals surface area (Å²) >= 11 is 0. The standard InChI is InChI=1S/C7H12O2.C4H6O2.C2H4.Mg.2H2/c1-3-5-6-9-7(8)4-2;1-3(2)4(5)6;1-2;;;/h4H,2-3,5-6H2,1H3;1H2,2H3,(H,5,6);1-2H2;;2*1H. The predicted molar refractivity (Wildman–Crippen MR) is 79.7 cm³/mol. The first-order valence-electron chi connectivity index (χ1n) is 5.13. The third-order valence-electron chi connectivity index (χ3n) is 1.27. The molecule has 5 heteroatoms. The van der Waals surface area contributed by atoms with E-state index in [4.69, 9.17) is 5.11 Å². The zero-order valence-electron chi connectivity index (χ0n) is 11.4. The molecule has 0 saturated carbocycles. The van der Waals surface area contributed by atoms with Gasteiger partial charge in [-0.1, -0.05) is 26.5 Å². The van der Waals surface area contributed by atoms with Gasteiger partial charge in [-0.25, -0.2) is 9.59 Å². The molecule has 4 nitrogen and oxygen atoms in total. The van der Waals surface area contributed by atoms with Crippen molar-refractivity contribution in [2.45, 2.75) is 26.7 Å². The van der Waals surface area contributed by atoms with Crippen molar-refractivity contribution in [3.05, 3.63) is 38.0 Å². The maximum atomic E-state index is 10.3. The normalized spacial score (nSPS) is 7.00. The molecule has 104 valence electrons. The molecule has 0 rings (SSSR count). The summed E-state index contributed by atoms with van der Waals surface area (Å²) in [6.07, 6.45) is 3.15. The zero-order chi connectivity index (χ0) is 14.3. The van der Waals surface area contributed by atoms with Crippen LogP contribution in [0.25, 0.3) is 0 Å². The molecule has 0 aliphatic carbocycles. The van der Waals surface area contributed by atoms with E-state index in [1.54, 1.807) is 0 Å². The van der Waals surface area contributed by atoms with Gasteiger partial charge in [-0.2, -0.15) is 0 Å². The Kier molecular flexibility index (Phi) is 30.3. The van der Waals surface area contributed by atoms with Crippen LogP contribution in [0.3, 0.4) is 0 Å². The zero-order valence-corrected chi connectivity index (χ0v) is 12.8. The largest absolute Gasteiger partial charge is 0.478 e. The lowest BCUT2D eigenvalue weighted by Crippen LogP contribution is -2.00. The van der Waals surface area contributed by atoms with Crippen LogP contribution in [0.4, 0.5) is 0 Å². The molecule has 0 saturated heterocycles. The summed E-state index contributed by atoms with van der Waals surface area (Å²) < 4.78 is 4.67. The molecule has 0 heterocycles. The van der Waals surface area contributed by atoms with Gasteiger partial charge in [0.15, 0.2) is 0 Å². The lowest BCUT2D eigenvalue weighted by molar-refractivity contribution is -0.138. The smallest absolute Gasteiger partial charge is 0.330 e. The Morgan fingerprint density at radius 2 is 1.78 bits per heavy atom. The molecule has 0 aromatic heterocycles. The number of hydrogen-bond acceptors (Lipinski definition) is 3. The molecular formula is C13H26MgO4. The maximum absolute atomic E-state index is 10.3. The van der Waals surface area contributed by atoms with Crippen molar-refractivity contribution in [1.29, 1.82) is 0 Å². The van der Waals surface area contributed by atoms with Gasteiger partial charge < -0.3 is 9.84 Å².